The molecule has 0 saturated carbocycles. The van der Waals surface area contributed by atoms with Gasteiger partial charge < -0.3 is 5.32 Å². The van der Waals surface area contributed by atoms with Gasteiger partial charge in [-0.25, -0.2) is 12.8 Å². The summed E-state index contributed by atoms with van der Waals surface area (Å²) in [6, 6.07) is 3.52. The van der Waals surface area contributed by atoms with E-state index in [1.165, 1.54) is 6.07 Å². The number of carbonyl (C=O) groups is 1. The summed E-state index contributed by atoms with van der Waals surface area (Å²) in [5.74, 6) is -0.721. The van der Waals surface area contributed by atoms with E-state index in [1.54, 1.807) is 0 Å². The summed E-state index contributed by atoms with van der Waals surface area (Å²) in [5.41, 5.74) is 0.184. The van der Waals surface area contributed by atoms with E-state index in [1.807, 2.05) is 0 Å². The second kappa shape index (κ2) is 5.46. The minimum Gasteiger partial charge on any atom is -0.352 e. The fourth-order valence-corrected chi connectivity index (χ4v) is 4.15. The predicted molar refractivity (Wildman–Crippen MR) is 70.5 cm³/mol. The molecule has 1 fully saturated rings. The Morgan fingerprint density at radius 1 is 1.47 bits per heavy atom. The lowest BCUT2D eigenvalue weighted by atomic mass is 10.1. The summed E-state index contributed by atoms with van der Waals surface area (Å²) in [6.45, 7) is 0.284. The van der Waals surface area contributed by atoms with E-state index in [4.69, 9.17) is 11.6 Å². The summed E-state index contributed by atoms with van der Waals surface area (Å²) in [7, 11) is -2.95. The fraction of sp³-hybridized carbons (Fsp3) is 0.417. The van der Waals surface area contributed by atoms with E-state index >= 15 is 0 Å². The summed E-state index contributed by atoms with van der Waals surface area (Å²) in [4.78, 5) is 11.8. The first-order valence-corrected chi connectivity index (χ1v) is 8.01. The Balaban J connectivity index is 1.95. The van der Waals surface area contributed by atoms with Crippen LogP contribution in [0.3, 0.4) is 0 Å². The summed E-state index contributed by atoms with van der Waals surface area (Å²) >= 11 is 5.77. The second-order valence-electron chi connectivity index (χ2n) is 4.60. The number of hydrogen-bond donors (Lipinski definition) is 1. The van der Waals surface area contributed by atoms with Crippen LogP contribution in [0.4, 0.5) is 4.39 Å². The maximum Gasteiger partial charge on any atom is 0.252 e. The van der Waals surface area contributed by atoms with Gasteiger partial charge in [-0.2, -0.15) is 0 Å². The van der Waals surface area contributed by atoms with Gasteiger partial charge in [0.2, 0.25) is 0 Å². The van der Waals surface area contributed by atoms with Crippen LogP contribution in [0.15, 0.2) is 18.2 Å². The van der Waals surface area contributed by atoms with Crippen LogP contribution in [0, 0.1) is 11.7 Å². The van der Waals surface area contributed by atoms with E-state index in [-0.39, 0.29) is 34.6 Å². The average Bonchev–Trinajstić information content (AvgIpc) is 2.66. The van der Waals surface area contributed by atoms with Gasteiger partial charge in [-0.3, -0.25) is 4.79 Å². The fourth-order valence-electron chi connectivity index (χ4n) is 2.04. The van der Waals surface area contributed by atoms with Gasteiger partial charge in [0.1, 0.15) is 5.82 Å². The van der Waals surface area contributed by atoms with Gasteiger partial charge >= 0.3 is 0 Å². The SMILES string of the molecule is O=C(NC[C@H]1CCS(=O)(=O)C1)c1ccc(F)cc1Cl. The molecule has 1 atom stereocenters. The van der Waals surface area contributed by atoms with Crippen molar-refractivity contribution >= 4 is 27.3 Å². The average molecular weight is 306 g/mol. The molecule has 104 valence electrons. The van der Waals surface area contributed by atoms with Crippen molar-refractivity contribution in [3.63, 3.8) is 0 Å². The monoisotopic (exact) mass is 305 g/mol. The zero-order valence-electron chi connectivity index (χ0n) is 10.0. The van der Waals surface area contributed by atoms with E-state index in [0.717, 1.165) is 12.1 Å². The highest BCUT2D eigenvalue weighted by Gasteiger charge is 2.28. The van der Waals surface area contributed by atoms with Gasteiger partial charge in [-0.1, -0.05) is 11.6 Å². The van der Waals surface area contributed by atoms with Crippen molar-refractivity contribution in [2.24, 2.45) is 5.92 Å². The largest absolute Gasteiger partial charge is 0.352 e. The molecule has 0 radical (unpaired) electrons. The van der Waals surface area contributed by atoms with Gasteiger partial charge in [0.15, 0.2) is 9.84 Å². The van der Waals surface area contributed by atoms with Crippen molar-refractivity contribution in [2.45, 2.75) is 6.42 Å². The molecule has 0 bridgehead atoms. The molecule has 1 amide bonds. The first-order valence-electron chi connectivity index (χ1n) is 5.81. The maximum atomic E-state index is 12.8. The molecule has 1 aliphatic rings. The third-order valence-corrected chi connectivity index (χ3v) is 5.20. The maximum absolute atomic E-state index is 12.8. The number of benzene rings is 1. The number of halogens is 2. The molecule has 1 heterocycles. The van der Waals surface area contributed by atoms with Crippen molar-refractivity contribution in [2.75, 3.05) is 18.1 Å². The molecule has 0 aromatic heterocycles. The zero-order valence-corrected chi connectivity index (χ0v) is 11.6. The van der Waals surface area contributed by atoms with Gasteiger partial charge in [0, 0.05) is 6.54 Å². The molecule has 1 aliphatic heterocycles. The summed E-state index contributed by atoms with van der Waals surface area (Å²) < 4.78 is 35.4. The Bertz CT molecular complexity index is 603. The smallest absolute Gasteiger partial charge is 0.252 e. The third-order valence-electron chi connectivity index (χ3n) is 3.05. The third kappa shape index (κ3) is 3.67. The molecule has 2 rings (SSSR count). The Hall–Kier alpha value is -1.14. The number of carbonyl (C=O) groups excluding carboxylic acids is 1. The Morgan fingerprint density at radius 2 is 2.21 bits per heavy atom. The standard InChI is InChI=1S/C12H13ClFNO3S/c13-11-5-9(14)1-2-10(11)12(16)15-6-8-3-4-19(17,18)7-8/h1-2,5,8H,3-4,6-7H2,(H,15,16)/t8-/m1/s1. The molecule has 1 aromatic rings. The number of rotatable bonds is 3. The highest BCUT2D eigenvalue weighted by atomic mass is 35.5. The van der Waals surface area contributed by atoms with Crippen LogP contribution >= 0.6 is 11.6 Å². The van der Waals surface area contributed by atoms with Crippen molar-refractivity contribution in [1.82, 2.24) is 5.32 Å². The summed E-state index contributed by atoms with van der Waals surface area (Å²) in [6.07, 6.45) is 0.555. The highest BCUT2D eigenvalue weighted by molar-refractivity contribution is 7.91. The van der Waals surface area contributed by atoms with E-state index in [9.17, 15) is 17.6 Å². The van der Waals surface area contributed by atoms with E-state index < -0.39 is 21.6 Å². The molecule has 0 unspecified atom stereocenters. The molecule has 4 nitrogen and oxygen atoms in total. The second-order valence-corrected chi connectivity index (χ2v) is 7.24. The lowest BCUT2D eigenvalue weighted by molar-refractivity contribution is 0.0948. The van der Waals surface area contributed by atoms with Gasteiger partial charge in [0.05, 0.1) is 22.1 Å². The van der Waals surface area contributed by atoms with Crippen molar-refractivity contribution in [3.8, 4) is 0 Å². The van der Waals surface area contributed by atoms with Crippen LogP contribution < -0.4 is 5.32 Å². The molecular formula is C12H13ClFNO3S. The summed E-state index contributed by atoms with van der Waals surface area (Å²) in [5, 5.41) is 2.67. The van der Waals surface area contributed by atoms with Crippen LogP contribution in [0.5, 0.6) is 0 Å². The van der Waals surface area contributed by atoms with Crippen molar-refractivity contribution in [1.29, 1.82) is 0 Å². The number of nitrogens with one attached hydrogen (secondary N) is 1. The minimum atomic E-state index is -2.95. The van der Waals surface area contributed by atoms with Crippen molar-refractivity contribution < 1.29 is 17.6 Å². The van der Waals surface area contributed by atoms with Gasteiger partial charge in [-0.15, -0.1) is 0 Å². The van der Waals surface area contributed by atoms with E-state index in [2.05, 4.69) is 5.32 Å². The molecule has 1 saturated heterocycles. The molecule has 0 aliphatic carbocycles. The first-order chi connectivity index (χ1) is 8.87. The Kier molecular flexibility index (Phi) is 4.10. The van der Waals surface area contributed by atoms with Crippen LogP contribution in [0.2, 0.25) is 5.02 Å². The quantitative estimate of drug-likeness (QED) is 0.923. The molecule has 1 aromatic carbocycles. The van der Waals surface area contributed by atoms with Crippen LogP contribution in [-0.4, -0.2) is 32.4 Å². The zero-order chi connectivity index (χ0) is 14.0. The topological polar surface area (TPSA) is 63.2 Å². The Morgan fingerprint density at radius 3 is 2.79 bits per heavy atom. The highest BCUT2D eigenvalue weighted by Crippen LogP contribution is 2.19. The molecule has 19 heavy (non-hydrogen) atoms. The lowest BCUT2D eigenvalue weighted by Gasteiger charge is -2.10. The Labute approximate surface area is 115 Å². The number of amides is 1. The number of sulfone groups is 1. The lowest BCUT2D eigenvalue weighted by Crippen LogP contribution is -2.30. The van der Waals surface area contributed by atoms with Gasteiger partial charge in [-0.05, 0) is 30.5 Å². The molecular weight excluding hydrogens is 293 g/mol. The van der Waals surface area contributed by atoms with Crippen LogP contribution in [-0.2, 0) is 9.84 Å². The normalized spacial score (nSPS) is 21.3. The predicted octanol–water partition coefficient (Wildman–Crippen LogP) is 1.64. The van der Waals surface area contributed by atoms with Gasteiger partial charge in [0.25, 0.3) is 5.91 Å². The molecule has 0 spiro atoms. The minimum absolute atomic E-state index is 0.0385. The first kappa shape index (κ1) is 14.3. The van der Waals surface area contributed by atoms with E-state index in [0.29, 0.717) is 6.42 Å². The van der Waals surface area contributed by atoms with Crippen LogP contribution in [0.25, 0.3) is 0 Å². The number of hydrogen-bond acceptors (Lipinski definition) is 3. The molecule has 7 heteroatoms. The van der Waals surface area contributed by atoms with Crippen LogP contribution in [0.1, 0.15) is 16.8 Å². The molecule has 1 N–H and O–H groups in total. The van der Waals surface area contributed by atoms with Crippen molar-refractivity contribution in [3.05, 3.63) is 34.6 Å².